The zero-order chi connectivity index (χ0) is 17.1. The number of hydrogen-bond donors (Lipinski definition) is 1. The zero-order valence-corrected chi connectivity index (χ0v) is 12.3. The number of halogens is 4. The SMILES string of the molecule is COC[C@](C)(NC(=O)c1cc([N+](=O)[O-])ccc1Cl)C(F)(F)F. The monoisotopic (exact) mass is 340 g/mol. The average molecular weight is 341 g/mol. The second-order valence-corrected chi connectivity index (χ2v) is 5.05. The quantitative estimate of drug-likeness (QED) is 0.660. The summed E-state index contributed by atoms with van der Waals surface area (Å²) in [5.41, 5.74) is -3.55. The molecular formula is C12H12ClF3N2O4. The lowest BCUT2D eigenvalue weighted by Crippen LogP contribution is -2.59. The van der Waals surface area contributed by atoms with Crippen molar-refractivity contribution in [2.24, 2.45) is 0 Å². The van der Waals surface area contributed by atoms with Crippen molar-refractivity contribution in [1.82, 2.24) is 5.32 Å². The normalized spacial score (nSPS) is 14.3. The van der Waals surface area contributed by atoms with Gasteiger partial charge in [-0.1, -0.05) is 11.6 Å². The van der Waals surface area contributed by atoms with E-state index in [0.717, 1.165) is 32.2 Å². The lowest BCUT2D eigenvalue weighted by atomic mass is 10.0. The molecule has 0 bridgehead atoms. The van der Waals surface area contributed by atoms with E-state index in [9.17, 15) is 28.1 Å². The van der Waals surface area contributed by atoms with Crippen LogP contribution in [0.15, 0.2) is 18.2 Å². The van der Waals surface area contributed by atoms with E-state index in [1.807, 2.05) is 0 Å². The van der Waals surface area contributed by atoms with Gasteiger partial charge in [0.25, 0.3) is 11.6 Å². The number of rotatable bonds is 5. The number of amides is 1. The highest BCUT2D eigenvalue weighted by Crippen LogP contribution is 2.31. The number of nitro benzene ring substituents is 1. The van der Waals surface area contributed by atoms with Crippen LogP contribution in [0.3, 0.4) is 0 Å². The molecule has 0 saturated carbocycles. The van der Waals surface area contributed by atoms with Crippen LogP contribution in [0.5, 0.6) is 0 Å². The van der Waals surface area contributed by atoms with Crippen LogP contribution >= 0.6 is 11.6 Å². The van der Waals surface area contributed by atoms with Crippen LogP contribution in [0.1, 0.15) is 17.3 Å². The Bertz CT molecular complexity index is 594. The molecule has 1 aromatic carbocycles. The number of nitro groups is 1. The van der Waals surface area contributed by atoms with E-state index >= 15 is 0 Å². The van der Waals surface area contributed by atoms with Gasteiger partial charge >= 0.3 is 6.18 Å². The Morgan fingerprint density at radius 3 is 2.50 bits per heavy atom. The van der Waals surface area contributed by atoms with Crippen molar-refractivity contribution < 1.29 is 27.6 Å². The summed E-state index contributed by atoms with van der Waals surface area (Å²) >= 11 is 5.72. The van der Waals surface area contributed by atoms with Gasteiger partial charge in [-0.3, -0.25) is 14.9 Å². The van der Waals surface area contributed by atoms with Gasteiger partial charge in [-0.05, 0) is 13.0 Å². The molecule has 0 radical (unpaired) electrons. The maximum Gasteiger partial charge on any atom is 0.413 e. The number of methoxy groups -OCH3 is 1. The Hall–Kier alpha value is -1.87. The molecular weight excluding hydrogens is 329 g/mol. The van der Waals surface area contributed by atoms with Gasteiger partial charge in [-0.15, -0.1) is 0 Å². The summed E-state index contributed by atoms with van der Waals surface area (Å²) in [6.45, 7) is -0.0888. The average Bonchev–Trinajstić information content (AvgIpc) is 2.37. The largest absolute Gasteiger partial charge is 0.413 e. The van der Waals surface area contributed by atoms with Crippen molar-refractivity contribution >= 4 is 23.2 Å². The van der Waals surface area contributed by atoms with E-state index < -0.39 is 40.4 Å². The second kappa shape index (κ2) is 6.49. The van der Waals surface area contributed by atoms with Gasteiger partial charge in [0, 0.05) is 19.2 Å². The van der Waals surface area contributed by atoms with Crippen LogP contribution in [0, 0.1) is 10.1 Å². The number of alkyl halides is 3. The van der Waals surface area contributed by atoms with Crippen LogP contribution in [-0.4, -0.2) is 36.3 Å². The molecule has 0 heterocycles. The fraction of sp³-hybridized carbons (Fsp3) is 0.417. The number of carbonyl (C=O) groups is 1. The van der Waals surface area contributed by atoms with Gasteiger partial charge in [0.05, 0.1) is 22.1 Å². The molecule has 0 aliphatic carbocycles. The van der Waals surface area contributed by atoms with E-state index in [1.165, 1.54) is 0 Å². The van der Waals surface area contributed by atoms with Crippen molar-refractivity contribution in [2.45, 2.75) is 18.6 Å². The number of carbonyl (C=O) groups excluding carboxylic acids is 1. The highest BCUT2D eigenvalue weighted by molar-refractivity contribution is 6.34. The van der Waals surface area contributed by atoms with Gasteiger partial charge in [0.1, 0.15) is 0 Å². The molecule has 122 valence electrons. The maximum absolute atomic E-state index is 13.0. The maximum atomic E-state index is 13.0. The molecule has 0 aromatic heterocycles. The van der Waals surface area contributed by atoms with E-state index in [-0.39, 0.29) is 5.02 Å². The third kappa shape index (κ3) is 3.86. The third-order valence-electron chi connectivity index (χ3n) is 2.85. The Kier molecular flexibility index (Phi) is 5.36. The van der Waals surface area contributed by atoms with Crippen molar-refractivity contribution in [2.75, 3.05) is 13.7 Å². The molecule has 10 heteroatoms. The van der Waals surface area contributed by atoms with Crippen molar-refractivity contribution in [1.29, 1.82) is 0 Å². The number of ether oxygens (including phenoxy) is 1. The lowest BCUT2D eigenvalue weighted by molar-refractivity contribution is -0.384. The van der Waals surface area contributed by atoms with Gasteiger partial charge < -0.3 is 10.1 Å². The van der Waals surface area contributed by atoms with E-state index in [2.05, 4.69) is 4.74 Å². The number of nitrogens with one attached hydrogen (secondary N) is 1. The summed E-state index contributed by atoms with van der Waals surface area (Å²) in [5, 5.41) is 12.2. The summed E-state index contributed by atoms with van der Waals surface area (Å²) in [5.74, 6) is -1.19. The fourth-order valence-electron chi connectivity index (χ4n) is 1.60. The van der Waals surface area contributed by atoms with Crippen molar-refractivity contribution in [3.63, 3.8) is 0 Å². The molecule has 0 saturated heterocycles. The summed E-state index contributed by atoms with van der Waals surface area (Å²) in [7, 11) is 1.05. The molecule has 0 aliphatic rings. The number of benzene rings is 1. The van der Waals surface area contributed by atoms with Crippen LogP contribution < -0.4 is 5.32 Å². The molecule has 22 heavy (non-hydrogen) atoms. The Morgan fingerprint density at radius 1 is 1.45 bits per heavy atom. The molecule has 1 rings (SSSR count). The highest BCUT2D eigenvalue weighted by Gasteiger charge is 2.52. The first-order valence-electron chi connectivity index (χ1n) is 5.84. The number of nitrogens with zero attached hydrogens (tertiary/aromatic N) is 1. The first-order chi connectivity index (χ1) is 10.0. The minimum Gasteiger partial charge on any atom is -0.382 e. The first-order valence-corrected chi connectivity index (χ1v) is 6.22. The topological polar surface area (TPSA) is 81.5 Å². The minimum atomic E-state index is -4.79. The van der Waals surface area contributed by atoms with E-state index in [0.29, 0.717) is 0 Å². The number of hydrogen-bond acceptors (Lipinski definition) is 4. The van der Waals surface area contributed by atoms with Crippen molar-refractivity contribution in [3.05, 3.63) is 38.9 Å². The molecule has 1 aromatic rings. The predicted octanol–water partition coefficient (Wildman–Crippen LogP) is 2.95. The third-order valence-corrected chi connectivity index (χ3v) is 3.18. The molecule has 0 unspecified atom stereocenters. The Morgan fingerprint density at radius 2 is 2.05 bits per heavy atom. The van der Waals surface area contributed by atoms with Crippen LogP contribution in [0.2, 0.25) is 5.02 Å². The summed E-state index contributed by atoms with van der Waals surface area (Å²) in [6.07, 6.45) is -4.79. The highest BCUT2D eigenvalue weighted by atomic mass is 35.5. The lowest BCUT2D eigenvalue weighted by Gasteiger charge is -2.32. The Balaban J connectivity index is 3.15. The summed E-state index contributed by atoms with van der Waals surface area (Å²) in [4.78, 5) is 21.9. The zero-order valence-electron chi connectivity index (χ0n) is 11.5. The molecule has 1 amide bonds. The molecule has 0 fully saturated rings. The van der Waals surface area contributed by atoms with Gasteiger partial charge in [-0.2, -0.15) is 13.2 Å². The predicted molar refractivity (Wildman–Crippen MR) is 71.9 cm³/mol. The second-order valence-electron chi connectivity index (χ2n) is 4.64. The molecule has 1 N–H and O–H groups in total. The fourth-order valence-corrected chi connectivity index (χ4v) is 1.80. The standard InChI is InChI=1S/C12H12ClF3N2O4/c1-11(6-22-2,12(14,15)16)17-10(19)8-5-7(18(20)21)3-4-9(8)13/h3-5H,6H2,1-2H3,(H,17,19)/t11-/m0/s1. The number of non-ortho nitro benzene ring substituents is 1. The van der Waals surface area contributed by atoms with E-state index in [1.54, 1.807) is 5.32 Å². The van der Waals surface area contributed by atoms with Crippen LogP contribution in [0.4, 0.5) is 18.9 Å². The van der Waals surface area contributed by atoms with Crippen LogP contribution in [-0.2, 0) is 4.74 Å². The summed E-state index contributed by atoms with van der Waals surface area (Å²) in [6, 6.07) is 2.91. The summed E-state index contributed by atoms with van der Waals surface area (Å²) < 4.78 is 43.6. The van der Waals surface area contributed by atoms with Gasteiger partial charge in [0.2, 0.25) is 0 Å². The van der Waals surface area contributed by atoms with Gasteiger partial charge in [0.15, 0.2) is 5.54 Å². The van der Waals surface area contributed by atoms with Gasteiger partial charge in [-0.25, -0.2) is 0 Å². The Labute approximate surface area is 128 Å². The first kappa shape index (κ1) is 18.2. The van der Waals surface area contributed by atoms with E-state index in [4.69, 9.17) is 11.6 Å². The van der Waals surface area contributed by atoms with Crippen LogP contribution in [0.25, 0.3) is 0 Å². The minimum absolute atomic E-state index is 0.204. The molecule has 6 nitrogen and oxygen atoms in total. The molecule has 1 atom stereocenters. The van der Waals surface area contributed by atoms with Crippen molar-refractivity contribution in [3.8, 4) is 0 Å². The smallest absolute Gasteiger partial charge is 0.382 e. The molecule has 0 spiro atoms. The molecule has 0 aliphatic heterocycles.